The molecule has 0 saturated carbocycles. The zero-order chi connectivity index (χ0) is 12.7. The monoisotopic (exact) mass is 237 g/mol. The molecule has 6 heteroatoms. The van der Waals surface area contributed by atoms with Crippen LogP contribution in [0.1, 0.15) is 27.2 Å². The Morgan fingerprint density at radius 1 is 1.50 bits per heavy atom. The minimum Gasteiger partial charge on any atom is -0.465 e. The predicted molar refractivity (Wildman–Crippen MR) is 53.5 cm³/mol. The number of rotatable bonds is 1. The predicted octanol–water partition coefficient (Wildman–Crippen LogP) is 1.78. The maximum absolute atomic E-state index is 13.3. The van der Waals surface area contributed by atoms with Crippen LogP contribution in [0.2, 0.25) is 0 Å². The van der Waals surface area contributed by atoms with Gasteiger partial charge in [-0.3, -0.25) is 4.90 Å². The fourth-order valence-corrected chi connectivity index (χ4v) is 2.40. The van der Waals surface area contributed by atoms with E-state index in [9.17, 15) is 18.7 Å². The number of β-amino-alcohol motifs (C(OH)–C–C–N with tert-alkyl or cyclic N) is 1. The number of aliphatic hydroxyl groups excluding tert-OH is 1. The molecule has 94 valence electrons. The van der Waals surface area contributed by atoms with Crippen LogP contribution in [0.4, 0.5) is 13.6 Å². The number of hydrogen-bond acceptors (Lipinski definition) is 2. The van der Waals surface area contributed by atoms with Gasteiger partial charge >= 0.3 is 6.09 Å². The van der Waals surface area contributed by atoms with Crippen LogP contribution in [-0.2, 0) is 0 Å². The lowest BCUT2D eigenvalue weighted by molar-refractivity contribution is -0.0853. The normalized spacial score (nSPS) is 31.2. The molecule has 0 bridgehead atoms. The lowest BCUT2D eigenvalue weighted by Crippen LogP contribution is -2.60. The Labute approximate surface area is 92.9 Å². The van der Waals surface area contributed by atoms with E-state index in [0.29, 0.717) is 4.90 Å². The lowest BCUT2D eigenvalue weighted by atomic mass is 9.71. The van der Waals surface area contributed by atoms with Crippen LogP contribution >= 0.6 is 0 Å². The van der Waals surface area contributed by atoms with Crippen LogP contribution in [-0.4, -0.2) is 45.8 Å². The maximum Gasteiger partial charge on any atom is 0.408 e. The molecule has 1 heterocycles. The summed E-state index contributed by atoms with van der Waals surface area (Å²) in [6.07, 6.45) is -5.47. The van der Waals surface area contributed by atoms with E-state index in [0.717, 1.165) is 0 Å². The van der Waals surface area contributed by atoms with Gasteiger partial charge in [0.15, 0.2) is 0 Å². The lowest BCUT2D eigenvalue weighted by Gasteiger charge is -2.45. The van der Waals surface area contributed by atoms with Gasteiger partial charge in [0.1, 0.15) is 5.54 Å². The van der Waals surface area contributed by atoms with E-state index in [-0.39, 0.29) is 13.0 Å². The van der Waals surface area contributed by atoms with Crippen molar-refractivity contribution in [1.82, 2.24) is 4.90 Å². The molecule has 16 heavy (non-hydrogen) atoms. The number of halogens is 2. The molecule has 0 aliphatic carbocycles. The highest BCUT2D eigenvalue weighted by Gasteiger charge is 2.60. The zero-order valence-electron chi connectivity index (χ0n) is 9.57. The van der Waals surface area contributed by atoms with Crippen LogP contribution in [0.3, 0.4) is 0 Å². The molecule has 0 radical (unpaired) electrons. The van der Waals surface area contributed by atoms with Crippen molar-refractivity contribution in [3.8, 4) is 0 Å². The highest BCUT2D eigenvalue weighted by atomic mass is 19.3. The fraction of sp³-hybridized carbons (Fsp3) is 0.900. The molecule has 1 fully saturated rings. The molecule has 1 rings (SSSR count). The highest BCUT2D eigenvalue weighted by molar-refractivity contribution is 5.67. The van der Waals surface area contributed by atoms with Crippen molar-refractivity contribution < 1.29 is 23.8 Å². The third-order valence-corrected chi connectivity index (χ3v) is 3.31. The van der Waals surface area contributed by atoms with E-state index in [2.05, 4.69) is 0 Å². The Bertz CT molecular complexity index is 290. The van der Waals surface area contributed by atoms with Gasteiger partial charge in [0.2, 0.25) is 0 Å². The van der Waals surface area contributed by atoms with Crippen molar-refractivity contribution in [2.75, 3.05) is 6.54 Å². The van der Waals surface area contributed by atoms with Crippen molar-refractivity contribution in [2.45, 2.75) is 45.3 Å². The molecule has 0 spiro atoms. The molecule has 0 aromatic carbocycles. The number of carbonyl (C=O) groups is 1. The average Bonchev–Trinajstić information content (AvgIpc) is 2.42. The number of aliphatic hydroxyl groups is 1. The van der Waals surface area contributed by atoms with Crippen molar-refractivity contribution in [3.63, 3.8) is 0 Å². The summed E-state index contributed by atoms with van der Waals surface area (Å²) in [5, 5.41) is 18.4. The first-order valence-corrected chi connectivity index (χ1v) is 5.09. The van der Waals surface area contributed by atoms with E-state index < -0.39 is 29.6 Å². The fourth-order valence-electron chi connectivity index (χ4n) is 2.40. The van der Waals surface area contributed by atoms with Gasteiger partial charge < -0.3 is 10.2 Å². The van der Waals surface area contributed by atoms with E-state index >= 15 is 0 Å². The van der Waals surface area contributed by atoms with E-state index in [1.165, 1.54) is 0 Å². The average molecular weight is 237 g/mol. The zero-order valence-corrected chi connectivity index (χ0v) is 9.57. The van der Waals surface area contributed by atoms with Crippen LogP contribution in [0, 0.1) is 5.41 Å². The van der Waals surface area contributed by atoms with E-state index in [1.807, 2.05) is 0 Å². The Balaban J connectivity index is 3.23. The highest BCUT2D eigenvalue weighted by Crippen LogP contribution is 2.47. The summed E-state index contributed by atoms with van der Waals surface area (Å²) in [5.41, 5.74) is -2.74. The summed E-state index contributed by atoms with van der Waals surface area (Å²) in [7, 11) is 0. The molecule has 1 aliphatic heterocycles. The molecule has 1 aliphatic rings. The Kier molecular flexibility index (Phi) is 3.15. The Morgan fingerprint density at radius 2 is 2.00 bits per heavy atom. The minimum atomic E-state index is -2.82. The summed E-state index contributed by atoms with van der Waals surface area (Å²) in [5.74, 6) is 0. The van der Waals surface area contributed by atoms with Gasteiger partial charge in [0.25, 0.3) is 6.43 Å². The maximum atomic E-state index is 13.3. The second-order valence-electron chi connectivity index (χ2n) is 5.23. The molecule has 2 N–H and O–H groups in total. The van der Waals surface area contributed by atoms with Crippen molar-refractivity contribution in [2.24, 2.45) is 5.41 Å². The first-order valence-electron chi connectivity index (χ1n) is 5.09. The molecule has 4 nitrogen and oxygen atoms in total. The molecule has 0 aromatic rings. The number of carboxylic acid groups (broad SMARTS) is 1. The van der Waals surface area contributed by atoms with Crippen molar-refractivity contribution in [3.05, 3.63) is 0 Å². The second kappa shape index (κ2) is 3.84. The minimum absolute atomic E-state index is 0.222. The van der Waals surface area contributed by atoms with E-state index in [4.69, 9.17) is 5.11 Å². The molecule has 2 atom stereocenters. The first-order chi connectivity index (χ1) is 7.13. The van der Waals surface area contributed by atoms with Crippen molar-refractivity contribution in [1.29, 1.82) is 0 Å². The summed E-state index contributed by atoms with van der Waals surface area (Å²) in [4.78, 5) is 11.7. The number of amides is 1. The van der Waals surface area contributed by atoms with Gasteiger partial charge in [-0.25, -0.2) is 13.6 Å². The third kappa shape index (κ3) is 1.75. The third-order valence-electron chi connectivity index (χ3n) is 3.31. The van der Waals surface area contributed by atoms with Gasteiger partial charge in [-0.15, -0.1) is 0 Å². The molecular weight excluding hydrogens is 220 g/mol. The number of likely N-dealkylation sites (tertiary alicyclic amines) is 1. The van der Waals surface area contributed by atoms with Gasteiger partial charge in [-0.1, -0.05) is 20.8 Å². The topological polar surface area (TPSA) is 60.8 Å². The number of nitrogens with zero attached hydrogens (tertiary/aromatic N) is 1. The molecular formula is C10H17F2NO3. The van der Waals surface area contributed by atoms with Crippen LogP contribution in [0.5, 0.6) is 0 Å². The largest absolute Gasteiger partial charge is 0.465 e. The van der Waals surface area contributed by atoms with Gasteiger partial charge in [0, 0.05) is 6.42 Å². The number of hydrogen-bond donors (Lipinski definition) is 2. The number of alkyl halides is 2. The Hall–Kier alpha value is -0.910. The van der Waals surface area contributed by atoms with Crippen LogP contribution in [0.15, 0.2) is 0 Å². The summed E-state index contributed by atoms with van der Waals surface area (Å²) in [6, 6.07) is 0. The molecule has 0 unspecified atom stereocenters. The molecule has 0 aromatic heterocycles. The first kappa shape index (κ1) is 13.2. The Morgan fingerprint density at radius 3 is 2.25 bits per heavy atom. The quantitative estimate of drug-likeness (QED) is 0.730. The van der Waals surface area contributed by atoms with Crippen LogP contribution in [0.25, 0.3) is 0 Å². The smallest absolute Gasteiger partial charge is 0.408 e. The van der Waals surface area contributed by atoms with E-state index in [1.54, 1.807) is 20.8 Å². The summed E-state index contributed by atoms with van der Waals surface area (Å²) >= 11 is 0. The standard InChI is InChI=1S/C10H17F2NO3/c1-9(2,3)10(7(11)12)4-6(14)5-13(10)8(15)16/h6-7,14H,4-5H2,1-3H3,(H,15,16)/t6-,10+/m0/s1. The summed E-state index contributed by atoms with van der Waals surface area (Å²) in [6.45, 7) is 4.43. The molecule has 1 saturated heterocycles. The van der Waals surface area contributed by atoms with Gasteiger partial charge in [-0.05, 0) is 5.41 Å². The van der Waals surface area contributed by atoms with Crippen molar-refractivity contribution >= 4 is 6.09 Å². The SMILES string of the molecule is CC(C)(C)[C@]1(C(F)F)C[C@H](O)CN1C(=O)O. The molecule has 1 amide bonds. The van der Waals surface area contributed by atoms with Gasteiger partial charge in [0.05, 0.1) is 12.6 Å². The van der Waals surface area contributed by atoms with Crippen LogP contribution < -0.4 is 0 Å². The second-order valence-corrected chi connectivity index (χ2v) is 5.23. The van der Waals surface area contributed by atoms with Gasteiger partial charge in [-0.2, -0.15) is 0 Å². The summed E-state index contributed by atoms with van der Waals surface area (Å²) < 4.78 is 26.5.